The second-order valence-electron chi connectivity index (χ2n) is 5.60. The maximum Gasteiger partial charge on any atom is 0.244 e. The van der Waals surface area contributed by atoms with Crippen LogP contribution in [0.5, 0.6) is 0 Å². The zero-order valence-electron chi connectivity index (χ0n) is 11.9. The normalized spacial score (nSPS) is 24.2. The van der Waals surface area contributed by atoms with E-state index in [9.17, 15) is 8.42 Å². The third-order valence-corrected chi connectivity index (χ3v) is 6.99. The summed E-state index contributed by atoms with van der Waals surface area (Å²) >= 11 is 18.0. The van der Waals surface area contributed by atoms with Crippen LogP contribution in [0.25, 0.3) is 0 Å². The molecule has 1 aliphatic rings. The lowest BCUT2D eigenvalue weighted by molar-refractivity contribution is 0.220. The lowest BCUT2D eigenvalue weighted by atomic mass is 9.95. The SMILES string of the molecule is CC1CCN(S(=O)(=O)c2cc(Cl)cc(CCl)c2Cl)C(C)C1. The standard InChI is InChI=1S/C14H18Cl3NO2S/c1-9-3-4-18(10(2)5-9)21(19,20)13-7-12(16)6-11(8-15)14(13)17/h6-7,9-10H,3-5,8H2,1-2H3. The summed E-state index contributed by atoms with van der Waals surface area (Å²) in [4.78, 5) is 0.0497. The quantitative estimate of drug-likeness (QED) is 0.732. The number of benzene rings is 1. The maximum atomic E-state index is 12.9. The molecular formula is C14H18Cl3NO2S. The van der Waals surface area contributed by atoms with Gasteiger partial charge < -0.3 is 0 Å². The molecule has 1 heterocycles. The van der Waals surface area contributed by atoms with Crippen LogP contribution in [0, 0.1) is 5.92 Å². The number of hydrogen-bond donors (Lipinski definition) is 0. The molecule has 7 heteroatoms. The number of sulfonamides is 1. The zero-order chi connectivity index (χ0) is 15.8. The summed E-state index contributed by atoms with van der Waals surface area (Å²) in [6, 6.07) is 2.95. The lowest BCUT2D eigenvalue weighted by Gasteiger charge is -2.35. The number of hydrogen-bond acceptors (Lipinski definition) is 2. The van der Waals surface area contributed by atoms with Crippen LogP contribution >= 0.6 is 34.8 Å². The highest BCUT2D eigenvalue weighted by Crippen LogP contribution is 2.35. The first kappa shape index (κ1) is 17.4. The summed E-state index contributed by atoms with van der Waals surface area (Å²) < 4.78 is 27.3. The molecule has 0 saturated carbocycles. The minimum atomic E-state index is -3.66. The fourth-order valence-electron chi connectivity index (χ4n) is 2.77. The number of halogens is 3. The van der Waals surface area contributed by atoms with Crippen molar-refractivity contribution in [3.8, 4) is 0 Å². The molecule has 21 heavy (non-hydrogen) atoms. The first-order valence-corrected chi connectivity index (χ1v) is 9.56. The maximum absolute atomic E-state index is 12.9. The van der Waals surface area contributed by atoms with Gasteiger partial charge in [-0.3, -0.25) is 0 Å². The second kappa shape index (κ2) is 6.63. The number of nitrogens with zero attached hydrogens (tertiary/aromatic N) is 1. The molecule has 1 aliphatic heterocycles. The van der Waals surface area contributed by atoms with E-state index < -0.39 is 10.0 Å². The monoisotopic (exact) mass is 369 g/mol. The minimum absolute atomic E-state index is 0.0479. The Labute approximate surface area is 141 Å². The van der Waals surface area contributed by atoms with Crippen molar-refractivity contribution in [1.29, 1.82) is 0 Å². The number of rotatable bonds is 3. The Hall–Kier alpha value is -0.000000000000000111. The molecular weight excluding hydrogens is 353 g/mol. The van der Waals surface area contributed by atoms with Crippen molar-refractivity contribution in [3.05, 3.63) is 27.7 Å². The smallest absolute Gasteiger partial charge is 0.207 e. The van der Waals surface area contributed by atoms with Crippen LogP contribution in [0.1, 0.15) is 32.3 Å². The highest BCUT2D eigenvalue weighted by atomic mass is 35.5. The first-order chi connectivity index (χ1) is 9.77. The third kappa shape index (κ3) is 3.50. The van der Waals surface area contributed by atoms with Gasteiger partial charge in [-0.05, 0) is 43.4 Å². The Morgan fingerprint density at radius 3 is 2.52 bits per heavy atom. The Kier molecular flexibility index (Phi) is 5.48. The van der Waals surface area contributed by atoms with Crippen LogP contribution in [0.2, 0.25) is 10.0 Å². The zero-order valence-corrected chi connectivity index (χ0v) is 15.0. The molecule has 0 aromatic heterocycles. The summed E-state index contributed by atoms with van der Waals surface area (Å²) in [5.74, 6) is 0.647. The van der Waals surface area contributed by atoms with Gasteiger partial charge in [0.1, 0.15) is 4.90 Å². The molecule has 2 unspecified atom stereocenters. The molecule has 0 amide bonds. The van der Waals surface area contributed by atoms with E-state index in [0.29, 0.717) is 23.0 Å². The van der Waals surface area contributed by atoms with Gasteiger partial charge in [-0.15, -0.1) is 11.6 Å². The van der Waals surface area contributed by atoms with Crippen LogP contribution in [0.3, 0.4) is 0 Å². The Bertz CT molecular complexity index is 633. The van der Waals surface area contributed by atoms with Crippen molar-refractivity contribution >= 4 is 44.8 Å². The van der Waals surface area contributed by atoms with Crippen LogP contribution < -0.4 is 0 Å². The van der Waals surface area contributed by atoms with E-state index >= 15 is 0 Å². The number of alkyl halides is 1. The fraction of sp³-hybridized carbons (Fsp3) is 0.571. The van der Waals surface area contributed by atoms with Gasteiger partial charge in [0.2, 0.25) is 10.0 Å². The topological polar surface area (TPSA) is 37.4 Å². The summed E-state index contributed by atoms with van der Waals surface area (Å²) in [7, 11) is -3.66. The van der Waals surface area contributed by atoms with Crippen molar-refractivity contribution in [2.75, 3.05) is 6.54 Å². The van der Waals surface area contributed by atoms with E-state index in [0.717, 1.165) is 12.8 Å². The van der Waals surface area contributed by atoms with Crippen molar-refractivity contribution in [2.45, 2.75) is 43.5 Å². The predicted molar refractivity (Wildman–Crippen MR) is 87.8 cm³/mol. The van der Waals surface area contributed by atoms with Gasteiger partial charge in [0, 0.05) is 23.5 Å². The van der Waals surface area contributed by atoms with E-state index in [2.05, 4.69) is 6.92 Å². The molecule has 118 valence electrons. The average molecular weight is 371 g/mol. The van der Waals surface area contributed by atoms with Gasteiger partial charge in [-0.2, -0.15) is 4.31 Å². The first-order valence-electron chi connectivity index (χ1n) is 6.83. The van der Waals surface area contributed by atoms with Crippen molar-refractivity contribution < 1.29 is 8.42 Å². The molecule has 0 aliphatic carbocycles. The highest BCUT2D eigenvalue weighted by molar-refractivity contribution is 7.89. The van der Waals surface area contributed by atoms with E-state index in [1.807, 2.05) is 6.92 Å². The summed E-state index contributed by atoms with van der Waals surface area (Å²) in [6.07, 6.45) is 1.70. The second-order valence-corrected chi connectivity index (χ2v) is 8.55. The Morgan fingerprint density at radius 1 is 1.29 bits per heavy atom. The number of piperidine rings is 1. The molecule has 1 aromatic carbocycles. The molecule has 1 fully saturated rings. The van der Waals surface area contributed by atoms with Gasteiger partial charge in [0.15, 0.2) is 0 Å². The van der Waals surface area contributed by atoms with Crippen LogP contribution in [0.4, 0.5) is 0 Å². The van der Waals surface area contributed by atoms with Crippen LogP contribution in [0.15, 0.2) is 17.0 Å². The van der Waals surface area contributed by atoms with Gasteiger partial charge >= 0.3 is 0 Å². The van der Waals surface area contributed by atoms with Gasteiger partial charge in [0.25, 0.3) is 0 Å². The molecule has 0 spiro atoms. The predicted octanol–water partition coefficient (Wildman–Crippen LogP) is 4.54. The molecule has 2 atom stereocenters. The van der Waals surface area contributed by atoms with E-state index in [1.165, 1.54) is 10.4 Å². The van der Waals surface area contributed by atoms with E-state index in [-0.39, 0.29) is 21.8 Å². The largest absolute Gasteiger partial charge is 0.244 e. The Morgan fingerprint density at radius 2 is 1.95 bits per heavy atom. The molecule has 0 N–H and O–H groups in total. The Balaban J connectivity index is 2.47. The van der Waals surface area contributed by atoms with Gasteiger partial charge in [-0.1, -0.05) is 30.1 Å². The van der Waals surface area contributed by atoms with Gasteiger partial charge in [0.05, 0.1) is 5.02 Å². The molecule has 3 nitrogen and oxygen atoms in total. The summed E-state index contributed by atoms with van der Waals surface area (Å²) in [5, 5.41) is 0.492. The molecule has 0 radical (unpaired) electrons. The lowest BCUT2D eigenvalue weighted by Crippen LogP contribution is -2.44. The third-order valence-electron chi connectivity index (χ3n) is 3.89. The van der Waals surface area contributed by atoms with Crippen molar-refractivity contribution in [3.63, 3.8) is 0 Å². The van der Waals surface area contributed by atoms with Crippen LogP contribution in [-0.2, 0) is 15.9 Å². The van der Waals surface area contributed by atoms with Gasteiger partial charge in [-0.25, -0.2) is 8.42 Å². The van der Waals surface area contributed by atoms with E-state index in [4.69, 9.17) is 34.8 Å². The molecule has 1 aromatic rings. The molecule has 0 bridgehead atoms. The molecule has 1 saturated heterocycles. The highest BCUT2D eigenvalue weighted by Gasteiger charge is 2.35. The fourth-order valence-corrected chi connectivity index (χ4v) is 5.62. The minimum Gasteiger partial charge on any atom is -0.207 e. The molecule has 2 rings (SSSR count). The average Bonchev–Trinajstić information content (AvgIpc) is 2.40. The summed E-state index contributed by atoms with van der Waals surface area (Å²) in [6.45, 7) is 4.57. The van der Waals surface area contributed by atoms with E-state index in [1.54, 1.807) is 6.07 Å². The van der Waals surface area contributed by atoms with Crippen molar-refractivity contribution in [2.24, 2.45) is 5.92 Å². The van der Waals surface area contributed by atoms with Crippen molar-refractivity contribution in [1.82, 2.24) is 4.31 Å². The summed E-state index contributed by atoms with van der Waals surface area (Å²) in [5.41, 5.74) is 0.530. The van der Waals surface area contributed by atoms with Crippen LogP contribution in [-0.4, -0.2) is 25.3 Å².